The second-order valence-corrected chi connectivity index (χ2v) is 2.39. The van der Waals surface area contributed by atoms with Gasteiger partial charge < -0.3 is 5.11 Å². The van der Waals surface area contributed by atoms with Crippen LogP contribution in [0.1, 0.15) is 15.9 Å². The first-order chi connectivity index (χ1) is 5.77. The molecule has 0 fully saturated rings. The van der Waals surface area contributed by atoms with Crippen LogP contribution in [0.15, 0.2) is 18.2 Å². The third-order valence-corrected chi connectivity index (χ3v) is 1.53. The Labute approximate surface area is 70.8 Å². The van der Waals surface area contributed by atoms with E-state index < -0.39 is 0 Å². The van der Waals surface area contributed by atoms with Crippen LogP contribution >= 0.6 is 0 Å². The van der Waals surface area contributed by atoms with E-state index >= 15 is 0 Å². The summed E-state index contributed by atoms with van der Waals surface area (Å²) in [6.45, 7) is 0. The molecular formula is C10H8O2. The third kappa shape index (κ3) is 1.64. The predicted octanol–water partition coefficient (Wildman–Crippen LogP) is 1.38. The standard InChI is InChI=1S/C10H8O2/c1-2-3-8-4-5-9(7-11)10(12)6-8/h1,4-7,12H,3H2. The van der Waals surface area contributed by atoms with E-state index in [1.165, 1.54) is 6.07 Å². The Kier molecular flexibility index (Phi) is 2.49. The van der Waals surface area contributed by atoms with E-state index in [2.05, 4.69) is 5.92 Å². The summed E-state index contributed by atoms with van der Waals surface area (Å²) in [7, 11) is 0. The molecule has 1 aromatic rings. The van der Waals surface area contributed by atoms with Gasteiger partial charge in [0.15, 0.2) is 6.29 Å². The second-order valence-electron chi connectivity index (χ2n) is 2.39. The van der Waals surface area contributed by atoms with Gasteiger partial charge in [-0.25, -0.2) is 0 Å². The lowest BCUT2D eigenvalue weighted by atomic mass is 10.1. The highest BCUT2D eigenvalue weighted by Gasteiger charge is 1.99. The third-order valence-electron chi connectivity index (χ3n) is 1.53. The van der Waals surface area contributed by atoms with Gasteiger partial charge in [0, 0.05) is 6.42 Å². The van der Waals surface area contributed by atoms with Crippen molar-refractivity contribution in [1.29, 1.82) is 0 Å². The number of aromatic hydroxyl groups is 1. The fraction of sp³-hybridized carbons (Fsp3) is 0.100. The summed E-state index contributed by atoms with van der Waals surface area (Å²) in [5.74, 6) is 2.43. The van der Waals surface area contributed by atoms with Crippen LogP contribution in [-0.2, 0) is 6.42 Å². The summed E-state index contributed by atoms with van der Waals surface area (Å²) in [6, 6.07) is 4.78. The molecule has 0 aliphatic heterocycles. The number of hydrogen-bond acceptors (Lipinski definition) is 2. The minimum absolute atomic E-state index is 0.0160. The van der Waals surface area contributed by atoms with Crippen LogP contribution in [0.4, 0.5) is 0 Å². The summed E-state index contributed by atoms with van der Waals surface area (Å²) in [6.07, 6.45) is 6.15. The fourth-order valence-electron chi connectivity index (χ4n) is 0.917. The lowest BCUT2D eigenvalue weighted by molar-refractivity contribution is 0.112. The van der Waals surface area contributed by atoms with E-state index in [-0.39, 0.29) is 11.3 Å². The zero-order valence-corrected chi connectivity index (χ0v) is 6.45. The minimum Gasteiger partial charge on any atom is -0.507 e. The molecule has 2 nitrogen and oxygen atoms in total. The van der Waals surface area contributed by atoms with Crippen molar-refractivity contribution in [2.24, 2.45) is 0 Å². The van der Waals surface area contributed by atoms with Crippen LogP contribution in [0, 0.1) is 12.3 Å². The average Bonchev–Trinajstić information content (AvgIpc) is 2.05. The highest BCUT2D eigenvalue weighted by molar-refractivity contribution is 5.79. The van der Waals surface area contributed by atoms with Crippen LogP contribution in [0.3, 0.4) is 0 Å². The van der Waals surface area contributed by atoms with Crippen LogP contribution in [0.5, 0.6) is 5.75 Å². The number of terminal acetylenes is 1. The Balaban J connectivity index is 3.03. The van der Waals surface area contributed by atoms with Crippen LogP contribution in [0.2, 0.25) is 0 Å². The summed E-state index contributed by atoms with van der Waals surface area (Å²) in [5.41, 5.74) is 1.12. The summed E-state index contributed by atoms with van der Waals surface area (Å²) < 4.78 is 0. The van der Waals surface area contributed by atoms with Crippen molar-refractivity contribution in [2.75, 3.05) is 0 Å². The van der Waals surface area contributed by atoms with E-state index in [1.807, 2.05) is 0 Å². The lowest BCUT2D eigenvalue weighted by Gasteiger charge is -1.98. The largest absolute Gasteiger partial charge is 0.507 e. The molecule has 0 amide bonds. The van der Waals surface area contributed by atoms with Gasteiger partial charge in [-0.05, 0) is 17.7 Å². The fourth-order valence-corrected chi connectivity index (χ4v) is 0.917. The van der Waals surface area contributed by atoms with Crippen LogP contribution in [-0.4, -0.2) is 11.4 Å². The molecule has 0 atom stereocenters. The molecule has 0 aliphatic rings. The van der Waals surface area contributed by atoms with Gasteiger partial charge in [0.2, 0.25) is 0 Å². The van der Waals surface area contributed by atoms with Crippen LogP contribution in [0.25, 0.3) is 0 Å². The number of benzene rings is 1. The topological polar surface area (TPSA) is 37.3 Å². The summed E-state index contributed by atoms with van der Waals surface area (Å²) in [4.78, 5) is 10.3. The summed E-state index contributed by atoms with van der Waals surface area (Å²) >= 11 is 0. The normalized spacial score (nSPS) is 8.92. The molecule has 12 heavy (non-hydrogen) atoms. The highest BCUT2D eigenvalue weighted by atomic mass is 16.3. The molecule has 1 aromatic carbocycles. The monoisotopic (exact) mass is 160 g/mol. The van der Waals surface area contributed by atoms with Gasteiger partial charge in [-0.1, -0.05) is 6.07 Å². The molecular weight excluding hydrogens is 152 g/mol. The SMILES string of the molecule is C#CCc1ccc(C=O)c(O)c1. The van der Waals surface area contributed by atoms with Gasteiger partial charge in [0.1, 0.15) is 5.75 Å². The van der Waals surface area contributed by atoms with Crippen LogP contribution < -0.4 is 0 Å². The maximum atomic E-state index is 10.3. The van der Waals surface area contributed by atoms with E-state index in [9.17, 15) is 9.90 Å². The molecule has 0 radical (unpaired) electrons. The molecule has 0 saturated heterocycles. The molecule has 0 saturated carbocycles. The first-order valence-electron chi connectivity index (χ1n) is 3.48. The molecule has 60 valence electrons. The summed E-state index contributed by atoms with van der Waals surface area (Å²) in [5, 5.41) is 9.22. The Morgan fingerprint density at radius 1 is 1.58 bits per heavy atom. The number of rotatable bonds is 2. The molecule has 0 unspecified atom stereocenters. The van der Waals surface area contributed by atoms with E-state index in [1.54, 1.807) is 12.1 Å². The number of carbonyl (C=O) groups excluding carboxylic acids is 1. The highest BCUT2D eigenvalue weighted by Crippen LogP contribution is 2.16. The van der Waals surface area contributed by atoms with E-state index in [0.717, 1.165) is 5.56 Å². The van der Waals surface area contributed by atoms with Gasteiger partial charge in [-0.15, -0.1) is 12.3 Å². The maximum absolute atomic E-state index is 10.3. The first kappa shape index (κ1) is 8.35. The first-order valence-corrected chi connectivity index (χ1v) is 3.48. The van der Waals surface area contributed by atoms with Crippen molar-refractivity contribution in [3.8, 4) is 18.1 Å². The molecule has 0 spiro atoms. The second kappa shape index (κ2) is 3.59. The van der Waals surface area contributed by atoms with Crippen molar-refractivity contribution in [1.82, 2.24) is 0 Å². The number of aldehydes is 1. The van der Waals surface area contributed by atoms with Crippen molar-refractivity contribution in [3.05, 3.63) is 29.3 Å². The number of carbonyl (C=O) groups is 1. The molecule has 1 rings (SSSR count). The molecule has 1 N–H and O–H groups in total. The minimum atomic E-state index is -0.0160. The van der Waals surface area contributed by atoms with Crippen molar-refractivity contribution in [3.63, 3.8) is 0 Å². The number of phenolic OH excluding ortho intramolecular Hbond substituents is 1. The Hall–Kier alpha value is -1.75. The predicted molar refractivity (Wildman–Crippen MR) is 46.0 cm³/mol. The maximum Gasteiger partial charge on any atom is 0.153 e. The van der Waals surface area contributed by atoms with Gasteiger partial charge in [-0.3, -0.25) is 4.79 Å². The molecule has 0 aliphatic carbocycles. The molecule has 0 aromatic heterocycles. The van der Waals surface area contributed by atoms with Gasteiger partial charge in [0.25, 0.3) is 0 Å². The van der Waals surface area contributed by atoms with E-state index in [0.29, 0.717) is 12.7 Å². The molecule has 0 bridgehead atoms. The quantitative estimate of drug-likeness (QED) is 0.524. The number of hydrogen-bond donors (Lipinski definition) is 1. The Morgan fingerprint density at radius 2 is 2.33 bits per heavy atom. The smallest absolute Gasteiger partial charge is 0.153 e. The zero-order valence-electron chi connectivity index (χ0n) is 6.45. The van der Waals surface area contributed by atoms with Gasteiger partial charge in [-0.2, -0.15) is 0 Å². The Morgan fingerprint density at radius 3 is 2.83 bits per heavy atom. The zero-order chi connectivity index (χ0) is 8.97. The lowest BCUT2D eigenvalue weighted by Crippen LogP contribution is -1.85. The van der Waals surface area contributed by atoms with Gasteiger partial charge in [0.05, 0.1) is 5.56 Å². The van der Waals surface area contributed by atoms with Crippen molar-refractivity contribution < 1.29 is 9.90 Å². The molecule has 2 heteroatoms. The number of phenols is 1. The average molecular weight is 160 g/mol. The Bertz CT molecular complexity index is 334. The van der Waals surface area contributed by atoms with Gasteiger partial charge >= 0.3 is 0 Å². The van der Waals surface area contributed by atoms with Crippen molar-refractivity contribution >= 4 is 6.29 Å². The van der Waals surface area contributed by atoms with Crippen molar-refractivity contribution in [2.45, 2.75) is 6.42 Å². The van der Waals surface area contributed by atoms with E-state index in [4.69, 9.17) is 6.42 Å². The molecule has 0 heterocycles.